The summed E-state index contributed by atoms with van der Waals surface area (Å²) in [7, 11) is 0. The Morgan fingerprint density at radius 3 is 2.00 bits per heavy atom. The molecule has 7 nitrogen and oxygen atoms in total. The van der Waals surface area contributed by atoms with Crippen LogP contribution in [0.4, 0.5) is 0 Å². The number of hydrogen-bond donors (Lipinski definition) is 2. The second kappa shape index (κ2) is 7.94. The standard InChI is InChI=1S/C27H25N3O4/c31-24(16-9-5-2-6-10-16)28-21(13-15-7-3-1-4-8-15)25(32)29-30-26(33)22-17-11-12-18(20-14-19(17)20)23(22)27(30)34/h1-12,17-23H,13-14H2,(H,28,31)(H,29,32)/t17?,18?,19?,20?,21-,22?,23?/m0/s1. The van der Waals surface area contributed by atoms with Gasteiger partial charge in [0.1, 0.15) is 6.04 Å². The highest BCUT2D eigenvalue weighted by atomic mass is 16.2. The second-order valence-electron chi connectivity index (χ2n) is 9.72. The first kappa shape index (κ1) is 20.8. The monoisotopic (exact) mass is 455 g/mol. The topological polar surface area (TPSA) is 95.6 Å². The Hall–Kier alpha value is -3.74. The Bertz CT molecular complexity index is 1160. The van der Waals surface area contributed by atoms with Gasteiger partial charge >= 0.3 is 0 Å². The number of nitrogens with zero attached hydrogens (tertiary/aromatic N) is 1. The molecule has 5 aliphatic rings. The van der Waals surface area contributed by atoms with E-state index in [4.69, 9.17) is 0 Å². The number of benzene rings is 2. The number of rotatable bonds is 6. The first-order valence-electron chi connectivity index (χ1n) is 11.8. The first-order valence-corrected chi connectivity index (χ1v) is 11.8. The quantitative estimate of drug-likeness (QED) is 0.515. The van der Waals surface area contributed by atoms with Crippen molar-refractivity contribution in [3.05, 3.63) is 83.9 Å². The molecular formula is C27H25N3O4. The molecule has 2 N–H and O–H groups in total. The third-order valence-electron chi connectivity index (χ3n) is 7.83. The van der Waals surface area contributed by atoms with Gasteiger partial charge in [-0.05, 0) is 47.8 Å². The maximum absolute atomic E-state index is 13.3. The fourth-order valence-corrected chi connectivity index (χ4v) is 6.15. The molecule has 6 unspecified atom stereocenters. The molecule has 0 spiro atoms. The summed E-state index contributed by atoms with van der Waals surface area (Å²) in [5.41, 5.74) is 3.84. The SMILES string of the molecule is O=C(N[C@@H](Cc1ccccc1)C(=O)NN1C(=O)C2C3C=CC(C4CC34)C2C1=O)c1ccccc1. The number of carbonyl (C=O) groups excluding carboxylic acids is 4. The molecule has 2 aromatic rings. The van der Waals surface area contributed by atoms with Crippen LogP contribution in [0.5, 0.6) is 0 Å². The molecule has 0 aromatic heterocycles. The predicted octanol–water partition coefficient (Wildman–Crippen LogP) is 2.11. The first-order chi connectivity index (χ1) is 16.5. The lowest BCUT2D eigenvalue weighted by molar-refractivity contribution is -0.149. The molecule has 1 aliphatic heterocycles. The fraction of sp³-hybridized carbons (Fsp3) is 0.333. The van der Waals surface area contributed by atoms with Crippen LogP contribution < -0.4 is 10.7 Å². The second-order valence-corrected chi connectivity index (χ2v) is 9.72. The zero-order valence-electron chi connectivity index (χ0n) is 18.5. The molecular weight excluding hydrogens is 430 g/mol. The van der Waals surface area contributed by atoms with Crippen molar-refractivity contribution in [1.82, 2.24) is 15.8 Å². The van der Waals surface area contributed by atoms with E-state index in [2.05, 4.69) is 22.9 Å². The minimum Gasteiger partial charge on any atom is -0.340 e. The number of carbonyl (C=O) groups is 4. The Labute approximate surface area is 197 Å². The number of amides is 4. The van der Waals surface area contributed by atoms with E-state index >= 15 is 0 Å². The number of nitrogens with one attached hydrogen (secondary N) is 2. The van der Waals surface area contributed by atoms with Gasteiger partial charge in [0, 0.05) is 12.0 Å². The predicted molar refractivity (Wildman–Crippen MR) is 123 cm³/mol. The molecule has 172 valence electrons. The van der Waals surface area contributed by atoms with E-state index in [0.29, 0.717) is 17.4 Å². The Morgan fingerprint density at radius 2 is 1.41 bits per heavy atom. The smallest absolute Gasteiger partial charge is 0.261 e. The zero-order chi connectivity index (χ0) is 23.4. The van der Waals surface area contributed by atoms with Gasteiger partial charge in [-0.15, -0.1) is 0 Å². The minimum atomic E-state index is -0.957. The summed E-state index contributed by atoms with van der Waals surface area (Å²) in [5, 5.41) is 3.70. The maximum atomic E-state index is 13.3. The van der Waals surface area contributed by atoms with Crippen LogP contribution in [0.2, 0.25) is 0 Å². The average Bonchev–Trinajstić information content (AvgIpc) is 3.65. The summed E-state index contributed by atoms with van der Waals surface area (Å²) in [6.07, 6.45) is 5.49. The highest BCUT2D eigenvalue weighted by Crippen LogP contribution is 2.65. The normalized spacial score (nSPS) is 31.0. The van der Waals surface area contributed by atoms with E-state index in [1.165, 1.54) is 0 Å². The fourth-order valence-electron chi connectivity index (χ4n) is 6.15. The molecule has 4 aliphatic carbocycles. The molecule has 1 saturated heterocycles. The lowest BCUT2D eigenvalue weighted by atomic mass is 9.63. The Kier molecular flexibility index (Phi) is 4.86. The summed E-state index contributed by atoms with van der Waals surface area (Å²) >= 11 is 0. The lowest BCUT2D eigenvalue weighted by Crippen LogP contribution is -2.55. The number of hydrazine groups is 1. The molecule has 3 fully saturated rings. The summed E-state index contributed by atoms with van der Waals surface area (Å²) in [6, 6.07) is 17.0. The van der Waals surface area contributed by atoms with Crippen LogP contribution in [-0.2, 0) is 20.8 Å². The highest BCUT2D eigenvalue weighted by Gasteiger charge is 2.67. The van der Waals surface area contributed by atoms with Crippen molar-refractivity contribution >= 4 is 23.6 Å². The van der Waals surface area contributed by atoms with Gasteiger partial charge in [0.2, 0.25) is 0 Å². The van der Waals surface area contributed by atoms with Crippen LogP contribution in [0.1, 0.15) is 22.3 Å². The van der Waals surface area contributed by atoms with Crippen molar-refractivity contribution in [2.45, 2.75) is 18.9 Å². The van der Waals surface area contributed by atoms with Crippen LogP contribution in [0.15, 0.2) is 72.8 Å². The molecule has 0 radical (unpaired) electrons. The van der Waals surface area contributed by atoms with E-state index in [1.807, 2.05) is 30.3 Å². The van der Waals surface area contributed by atoms with Gasteiger partial charge in [-0.3, -0.25) is 24.6 Å². The van der Waals surface area contributed by atoms with E-state index in [9.17, 15) is 19.2 Å². The number of imide groups is 1. The molecule has 1 heterocycles. The Balaban J connectivity index is 1.22. The van der Waals surface area contributed by atoms with Gasteiger partial charge in [0.05, 0.1) is 11.8 Å². The third kappa shape index (κ3) is 3.34. The van der Waals surface area contributed by atoms with Crippen molar-refractivity contribution in [3.63, 3.8) is 0 Å². The van der Waals surface area contributed by atoms with Gasteiger partial charge in [-0.1, -0.05) is 60.7 Å². The summed E-state index contributed by atoms with van der Waals surface area (Å²) in [4.78, 5) is 52.6. The zero-order valence-corrected chi connectivity index (χ0v) is 18.5. The molecule has 7 heteroatoms. The highest BCUT2D eigenvalue weighted by molar-refractivity contribution is 6.07. The molecule has 4 amide bonds. The van der Waals surface area contributed by atoms with Crippen molar-refractivity contribution in [1.29, 1.82) is 0 Å². The minimum absolute atomic E-state index is 0.0799. The maximum Gasteiger partial charge on any atom is 0.261 e. The molecule has 2 saturated carbocycles. The van der Waals surface area contributed by atoms with Crippen LogP contribution in [-0.4, -0.2) is 34.7 Å². The summed E-state index contributed by atoms with van der Waals surface area (Å²) in [5.74, 6) is -1.30. The Morgan fingerprint density at radius 1 is 0.853 bits per heavy atom. The van der Waals surface area contributed by atoms with E-state index in [-0.39, 0.29) is 30.1 Å². The van der Waals surface area contributed by atoms with Crippen molar-refractivity contribution in [2.75, 3.05) is 0 Å². The molecule has 34 heavy (non-hydrogen) atoms. The molecule has 2 aromatic carbocycles. The summed E-state index contributed by atoms with van der Waals surface area (Å²) in [6.45, 7) is 0. The van der Waals surface area contributed by atoms with Crippen LogP contribution in [0.3, 0.4) is 0 Å². The van der Waals surface area contributed by atoms with Crippen molar-refractivity contribution in [2.24, 2.45) is 35.5 Å². The summed E-state index contributed by atoms with van der Waals surface area (Å²) < 4.78 is 0. The largest absolute Gasteiger partial charge is 0.340 e. The van der Waals surface area contributed by atoms with Gasteiger partial charge in [0.15, 0.2) is 0 Å². The van der Waals surface area contributed by atoms with E-state index in [0.717, 1.165) is 17.0 Å². The van der Waals surface area contributed by atoms with Crippen LogP contribution in [0, 0.1) is 35.5 Å². The van der Waals surface area contributed by atoms with E-state index in [1.54, 1.807) is 30.3 Å². The van der Waals surface area contributed by atoms with Gasteiger partial charge in [0.25, 0.3) is 23.6 Å². The third-order valence-corrected chi connectivity index (χ3v) is 7.83. The van der Waals surface area contributed by atoms with Gasteiger partial charge in [-0.2, -0.15) is 5.01 Å². The number of hydrogen-bond acceptors (Lipinski definition) is 4. The molecule has 7 rings (SSSR count). The van der Waals surface area contributed by atoms with Gasteiger partial charge in [-0.25, -0.2) is 0 Å². The van der Waals surface area contributed by atoms with E-state index < -0.39 is 29.7 Å². The van der Waals surface area contributed by atoms with Gasteiger partial charge < -0.3 is 5.32 Å². The van der Waals surface area contributed by atoms with Crippen molar-refractivity contribution < 1.29 is 19.2 Å². The van der Waals surface area contributed by atoms with Crippen LogP contribution in [0.25, 0.3) is 0 Å². The molecule has 2 bridgehead atoms. The number of allylic oxidation sites excluding steroid dienone is 2. The average molecular weight is 456 g/mol. The van der Waals surface area contributed by atoms with Crippen molar-refractivity contribution in [3.8, 4) is 0 Å². The van der Waals surface area contributed by atoms with Crippen LogP contribution >= 0.6 is 0 Å². The lowest BCUT2D eigenvalue weighted by Gasteiger charge is -2.37. The molecule has 7 atom stereocenters.